The van der Waals surface area contributed by atoms with Gasteiger partial charge in [0.2, 0.25) is 0 Å². The van der Waals surface area contributed by atoms with Crippen LogP contribution in [0.5, 0.6) is 0 Å². The molecule has 0 N–H and O–H groups in total. The molecule has 0 atom stereocenters. The van der Waals surface area contributed by atoms with Crippen LogP contribution in [-0.2, 0) is 0 Å². The van der Waals surface area contributed by atoms with E-state index in [1.54, 1.807) is 0 Å². The van der Waals surface area contributed by atoms with Gasteiger partial charge in [0.05, 0.1) is 21.9 Å². The van der Waals surface area contributed by atoms with Crippen molar-refractivity contribution >= 4 is 87.4 Å². The topological polar surface area (TPSA) is 57.0 Å². The molecule has 0 aliphatic rings. The molecule has 11 rings (SSSR count). The molecule has 0 fully saturated rings. The molecule has 47 heavy (non-hydrogen) atoms. The minimum Gasteiger partial charge on any atom is -0.456 e. The van der Waals surface area contributed by atoms with Crippen LogP contribution in [0.2, 0.25) is 0 Å². The Labute approximate surface area is 266 Å². The van der Waals surface area contributed by atoms with Crippen molar-refractivity contribution in [3.8, 4) is 17.2 Å². The third-order valence-electron chi connectivity index (χ3n) is 9.57. The summed E-state index contributed by atoms with van der Waals surface area (Å²) in [5.41, 5.74) is 7.40. The molecule has 4 aromatic heterocycles. The van der Waals surface area contributed by atoms with E-state index in [9.17, 15) is 0 Å². The first-order valence-corrected chi connectivity index (χ1v) is 15.8. The zero-order valence-electron chi connectivity index (χ0n) is 24.9. The second kappa shape index (κ2) is 9.05. The highest BCUT2D eigenvalue weighted by Crippen LogP contribution is 2.49. The number of hydrogen-bond acceptors (Lipinski definition) is 4. The zero-order valence-corrected chi connectivity index (χ0v) is 24.9. The smallest absolute Gasteiger partial charge is 0.162 e. The normalized spacial score (nSPS) is 12.3. The number of hydrogen-bond donors (Lipinski definition) is 0. The summed E-state index contributed by atoms with van der Waals surface area (Å²) >= 11 is 0. The van der Waals surface area contributed by atoms with E-state index in [2.05, 4.69) is 102 Å². The van der Waals surface area contributed by atoms with Crippen LogP contribution in [0.1, 0.15) is 0 Å². The van der Waals surface area contributed by atoms with E-state index in [1.165, 1.54) is 0 Å². The highest BCUT2D eigenvalue weighted by atomic mass is 16.3. The average Bonchev–Trinajstić information content (AvgIpc) is 3.81. The Bertz CT molecular complexity index is 3070. The molecule has 0 aliphatic heterocycles. The van der Waals surface area contributed by atoms with Crippen molar-refractivity contribution in [3.63, 3.8) is 0 Å². The maximum absolute atomic E-state index is 6.87. The van der Waals surface area contributed by atoms with Gasteiger partial charge in [-0.2, -0.15) is 0 Å². The van der Waals surface area contributed by atoms with Crippen LogP contribution in [0, 0.1) is 0 Å². The molecule has 0 amide bonds. The third-order valence-corrected chi connectivity index (χ3v) is 9.57. The fourth-order valence-corrected chi connectivity index (χ4v) is 7.63. The first kappa shape index (κ1) is 24.8. The Hall–Kier alpha value is -6.46. The number of benzene rings is 7. The molecular weight excluding hydrogens is 578 g/mol. The van der Waals surface area contributed by atoms with Crippen LogP contribution in [0.4, 0.5) is 0 Å². The number of furan rings is 2. The highest BCUT2D eigenvalue weighted by Gasteiger charge is 2.26. The van der Waals surface area contributed by atoms with Gasteiger partial charge in [-0.05, 0) is 42.5 Å². The van der Waals surface area contributed by atoms with Crippen LogP contribution >= 0.6 is 0 Å². The second-order valence-corrected chi connectivity index (χ2v) is 12.1. The van der Waals surface area contributed by atoms with Crippen LogP contribution in [0.15, 0.2) is 148 Å². The van der Waals surface area contributed by atoms with Gasteiger partial charge in [-0.25, -0.2) is 9.97 Å². The number of aromatic nitrogens is 3. The van der Waals surface area contributed by atoms with Crippen LogP contribution in [-0.4, -0.2) is 14.5 Å². The van der Waals surface area contributed by atoms with E-state index in [0.717, 1.165) is 98.7 Å². The minimum absolute atomic E-state index is 0.683. The van der Waals surface area contributed by atoms with Gasteiger partial charge < -0.3 is 8.83 Å². The molecular formula is C42H23N3O2. The average molecular weight is 602 g/mol. The monoisotopic (exact) mass is 601 g/mol. The van der Waals surface area contributed by atoms with Gasteiger partial charge in [0.1, 0.15) is 28.1 Å². The molecule has 0 radical (unpaired) electrons. The Balaban J connectivity index is 1.44. The second-order valence-electron chi connectivity index (χ2n) is 12.1. The quantitative estimate of drug-likeness (QED) is 0.198. The summed E-state index contributed by atoms with van der Waals surface area (Å²) in [6.45, 7) is 0. The molecule has 0 saturated carbocycles. The third kappa shape index (κ3) is 3.27. The Morgan fingerprint density at radius 3 is 1.91 bits per heavy atom. The van der Waals surface area contributed by atoms with Gasteiger partial charge in [0.25, 0.3) is 0 Å². The Morgan fingerprint density at radius 2 is 1.09 bits per heavy atom. The summed E-state index contributed by atoms with van der Waals surface area (Å²) in [7, 11) is 0. The minimum atomic E-state index is 0.683. The molecule has 0 saturated heterocycles. The van der Waals surface area contributed by atoms with Gasteiger partial charge in [-0.1, -0.05) is 97.1 Å². The summed E-state index contributed by atoms with van der Waals surface area (Å²) in [5, 5.41) is 9.73. The standard InChI is InChI=1S/C42H23N3O2/c1-2-12-24(13-3-1)41-43-30-18-8-4-14-25(30)42(44-41)45-31-19-9-5-15-26(31)38-39(45)29-22-23-34-35(27-16-6-10-20-32(27)46-34)36(29)37-28-17-7-11-21-33(28)47-40(37)38/h1-23H. The van der Waals surface area contributed by atoms with Crippen molar-refractivity contribution in [1.29, 1.82) is 0 Å². The van der Waals surface area contributed by atoms with E-state index >= 15 is 0 Å². The SMILES string of the molecule is c1ccc(-c2nc(-n3c4ccccc4c4c5oc6ccccc6c5c5c(ccc6oc7ccccc7c65)c43)c3ccccc3n2)cc1. The lowest BCUT2D eigenvalue weighted by atomic mass is 9.95. The molecule has 4 heterocycles. The predicted molar refractivity (Wildman–Crippen MR) is 191 cm³/mol. The van der Waals surface area contributed by atoms with E-state index in [1.807, 2.05) is 42.5 Å². The number of fused-ring (bicyclic) bond motifs is 15. The van der Waals surface area contributed by atoms with Gasteiger partial charge in [0, 0.05) is 48.7 Å². The highest BCUT2D eigenvalue weighted by molar-refractivity contribution is 6.40. The molecule has 7 aromatic carbocycles. The molecule has 0 unspecified atom stereocenters. The van der Waals surface area contributed by atoms with Crippen molar-refractivity contribution in [1.82, 2.24) is 14.5 Å². The van der Waals surface area contributed by atoms with Crippen molar-refractivity contribution in [2.45, 2.75) is 0 Å². The molecule has 11 aromatic rings. The van der Waals surface area contributed by atoms with Crippen molar-refractivity contribution in [2.24, 2.45) is 0 Å². The van der Waals surface area contributed by atoms with Gasteiger partial charge >= 0.3 is 0 Å². The largest absolute Gasteiger partial charge is 0.456 e. The first-order valence-electron chi connectivity index (χ1n) is 15.8. The molecule has 0 aliphatic carbocycles. The first-order chi connectivity index (χ1) is 23.3. The Morgan fingerprint density at radius 1 is 0.426 bits per heavy atom. The number of nitrogens with zero attached hydrogens (tertiary/aromatic N) is 3. The Kier molecular flexibility index (Phi) is 4.78. The lowest BCUT2D eigenvalue weighted by molar-refractivity contribution is 0.669. The number of para-hydroxylation sites is 4. The molecule has 5 heteroatoms. The predicted octanol–water partition coefficient (Wildman–Crippen LogP) is 11.3. The fraction of sp³-hybridized carbons (Fsp3) is 0. The van der Waals surface area contributed by atoms with Crippen LogP contribution < -0.4 is 0 Å². The zero-order chi connectivity index (χ0) is 30.6. The maximum atomic E-state index is 6.87. The van der Waals surface area contributed by atoms with Gasteiger partial charge in [-0.15, -0.1) is 0 Å². The molecule has 0 spiro atoms. The summed E-state index contributed by atoms with van der Waals surface area (Å²) in [6.07, 6.45) is 0. The molecule has 0 bridgehead atoms. The van der Waals surface area contributed by atoms with Gasteiger partial charge in [0.15, 0.2) is 5.82 Å². The van der Waals surface area contributed by atoms with Gasteiger partial charge in [-0.3, -0.25) is 4.57 Å². The summed E-state index contributed by atoms with van der Waals surface area (Å²) in [6, 6.07) is 48.0. The maximum Gasteiger partial charge on any atom is 0.162 e. The van der Waals surface area contributed by atoms with Crippen LogP contribution in [0.3, 0.4) is 0 Å². The van der Waals surface area contributed by atoms with E-state index in [-0.39, 0.29) is 0 Å². The lowest BCUT2D eigenvalue weighted by Gasteiger charge is -2.14. The summed E-state index contributed by atoms with van der Waals surface area (Å²) < 4.78 is 15.6. The van der Waals surface area contributed by atoms with E-state index in [4.69, 9.17) is 18.8 Å². The van der Waals surface area contributed by atoms with Crippen molar-refractivity contribution < 1.29 is 8.83 Å². The van der Waals surface area contributed by atoms with Crippen LogP contribution in [0.25, 0.3) is 105 Å². The van der Waals surface area contributed by atoms with Crippen molar-refractivity contribution in [2.75, 3.05) is 0 Å². The number of rotatable bonds is 2. The lowest BCUT2D eigenvalue weighted by Crippen LogP contribution is -2.03. The van der Waals surface area contributed by atoms with Crippen molar-refractivity contribution in [3.05, 3.63) is 140 Å². The molecule has 218 valence electrons. The fourth-order valence-electron chi connectivity index (χ4n) is 7.63. The summed E-state index contributed by atoms with van der Waals surface area (Å²) in [5.74, 6) is 1.51. The molecule has 5 nitrogen and oxygen atoms in total. The van der Waals surface area contributed by atoms with E-state index < -0.39 is 0 Å². The van der Waals surface area contributed by atoms with E-state index in [0.29, 0.717) is 5.82 Å². The summed E-state index contributed by atoms with van der Waals surface area (Å²) in [4.78, 5) is 10.4.